The highest BCUT2D eigenvalue weighted by Gasteiger charge is 2.28. The van der Waals surface area contributed by atoms with Gasteiger partial charge < -0.3 is 20.3 Å². The van der Waals surface area contributed by atoms with E-state index in [1.807, 2.05) is 4.90 Å². The van der Waals surface area contributed by atoms with Crippen LogP contribution in [0.3, 0.4) is 0 Å². The minimum Gasteiger partial charge on any atom is -0.462 e. The van der Waals surface area contributed by atoms with Crippen molar-refractivity contribution in [3.63, 3.8) is 0 Å². The Labute approximate surface area is 200 Å². The lowest BCUT2D eigenvalue weighted by molar-refractivity contribution is -0.117. The van der Waals surface area contributed by atoms with Crippen LogP contribution >= 0.6 is 11.3 Å². The number of carbonyl (C=O) groups is 4. The summed E-state index contributed by atoms with van der Waals surface area (Å²) in [5.41, 5.74) is 0.907. The number of ether oxygens (including phenoxy) is 1. The number of benzene rings is 1. The summed E-state index contributed by atoms with van der Waals surface area (Å²) < 4.78 is 18.5. The number of hydrogen-bond acceptors (Lipinski definition) is 7. The highest BCUT2D eigenvalue weighted by atomic mass is 32.1. The van der Waals surface area contributed by atoms with Crippen LogP contribution in [-0.2, 0) is 9.53 Å². The summed E-state index contributed by atoms with van der Waals surface area (Å²) in [7, 11) is 1.49. The van der Waals surface area contributed by atoms with E-state index in [1.165, 1.54) is 25.2 Å². The first-order chi connectivity index (χ1) is 16.2. The number of amides is 3. The Kier molecular flexibility index (Phi) is 8.35. The number of anilines is 1. The molecule has 1 aromatic carbocycles. The molecule has 0 spiro atoms. The second kappa shape index (κ2) is 11.2. The molecule has 1 fully saturated rings. The van der Waals surface area contributed by atoms with E-state index in [2.05, 4.69) is 10.6 Å². The number of thiophene rings is 1. The normalized spacial score (nSPS) is 13.9. The Morgan fingerprint density at radius 1 is 1.15 bits per heavy atom. The fraction of sp³-hybridized carbons (Fsp3) is 0.391. The molecule has 1 aliphatic heterocycles. The highest BCUT2D eigenvalue weighted by molar-refractivity contribution is 7.18. The highest BCUT2D eigenvalue weighted by Crippen LogP contribution is 2.33. The minimum atomic E-state index is -0.605. The van der Waals surface area contributed by atoms with E-state index in [0.29, 0.717) is 36.6 Å². The maximum Gasteiger partial charge on any atom is 0.341 e. The zero-order chi connectivity index (χ0) is 24.8. The summed E-state index contributed by atoms with van der Waals surface area (Å²) >= 11 is 1.02. The van der Waals surface area contributed by atoms with Crippen LogP contribution in [0.4, 0.5) is 9.39 Å². The molecule has 1 saturated heterocycles. The molecule has 1 aliphatic rings. The van der Waals surface area contributed by atoms with Crippen molar-refractivity contribution in [2.24, 2.45) is 0 Å². The monoisotopic (exact) mass is 490 g/mol. The fourth-order valence-corrected chi connectivity index (χ4v) is 4.82. The zero-order valence-corrected chi connectivity index (χ0v) is 20.1. The molecule has 34 heavy (non-hydrogen) atoms. The first-order valence-corrected chi connectivity index (χ1v) is 11.7. The molecule has 2 aromatic rings. The predicted octanol–water partition coefficient (Wildman–Crippen LogP) is 2.13. The van der Waals surface area contributed by atoms with Gasteiger partial charge in [-0.15, -0.1) is 11.3 Å². The van der Waals surface area contributed by atoms with Crippen LogP contribution in [0.15, 0.2) is 24.3 Å². The van der Waals surface area contributed by atoms with Gasteiger partial charge in [0.2, 0.25) is 5.91 Å². The van der Waals surface area contributed by atoms with Crippen LogP contribution in [0.1, 0.15) is 42.9 Å². The van der Waals surface area contributed by atoms with E-state index in [-0.39, 0.29) is 47.0 Å². The SMILES string of the molecule is CCOC(=O)c1c(NC(=O)CN2CCN(C(=O)c3cccc(F)c3)CC2)sc(C(=O)NC)c1C. The van der Waals surface area contributed by atoms with Crippen molar-refractivity contribution >= 4 is 40.0 Å². The standard InChI is InChI=1S/C23H27FN4O5S/c1-4-33-23(32)18-14(2)19(20(30)25-3)34-21(18)26-17(29)13-27-8-10-28(11-9-27)22(31)15-6-5-7-16(24)12-15/h5-7,12H,4,8-11,13H2,1-3H3,(H,25,30)(H,26,29). The lowest BCUT2D eigenvalue weighted by atomic mass is 10.1. The van der Waals surface area contributed by atoms with Gasteiger partial charge in [-0.2, -0.15) is 0 Å². The Bertz CT molecular complexity index is 1100. The summed E-state index contributed by atoms with van der Waals surface area (Å²) in [6, 6.07) is 5.56. The van der Waals surface area contributed by atoms with E-state index < -0.39 is 11.8 Å². The van der Waals surface area contributed by atoms with Crippen LogP contribution in [0.25, 0.3) is 0 Å². The molecule has 2 N–H and O–H groups in total. The largest absolute Gasteiger partial charge is 0.462 e. The topological polar surface area (TPSA) is 108 Å². The van der Waals surface area contributed by atoms with Gasteiger partial charge in [0.1, 0.15) is 10.8 Å². The van der Waals surface area contributed by atoms with Crippen molar-refractivity contribution in [1.82, 2.24) is 15.1 Å². The number of piperazine rings is 1. The number of nitrogens with zero attached hydrogens (tertiary/aromatic N) is 2. The molecule has 3 rings (SSSR count). The number of rotatable bonds is 7. The third-order valence-corrected chi connectivity index (χ3v) is 6.62. The summed E-state index contributed by atoms with van der Waals surface area (Å²) in [6.07, 6.45) is 0. The van der Waals surface area contributed by atoms with Gasteiger partial charge in [-0.05, 0) is 37.6 Å². The zero-order valence-electron chi connectivity index (χ0n) is 19.3. The molecule has 3 amide bonds. The third kappa shape index (κ3) is 5.78. The summed E-state index contributed by atoms with van der Waals surface area (Å²) in [6.45, 7) is 5.25. The molecule has 0 atom stereocenters. The van der Waals surface area contributed by atoms with E-state index in [4.69, 9.17) is 4.74 Å². The van der Waals surface area contributed by atoms with Crippen molar-refractivity contribution in [3.8, 4) is 0 Å². The smallest absolute Gasteiger partial charge is 0.341 e. The lowest BCUT2D eigenvalue weighted by Gasteiger charge is -2.34. The van der Waals surface area contributed by atoms with E-state index in [0.717, 1.165) is 11.3 Å². The van der Waals surface area contributed by atoms with Crippen molar-refractivity contribution in [1.29, 1.82) is 0 Å². The average molecular weight is 491 g/mol. The van der Waals surface area contributed by atoms with Gasteiger partial charge in [0.15, 0.2) is 0 Å². The van der Waals surface area contributed by atoms with Gasteiger partial charge in [-0.25, -0.2) is 9.18 Å². The molecular weight excluding hydrogens is 463 g/mol. The summed E-state index contributed by atoms with van der Waals surface area (Å²) in [5.74, 6) is -2.02. The van der Waals surface area contributed by atoms with E-state index in [9.17, 15) is 23.6 Å². The van der Waals surface area contributed by atoms with Crippen molar-refractivity contribution in [3.05, 3.63) is 51.7 Å². The van der Waals surface area contributed by atoms with Gasteiger partial charge in [0, 0.05) is 38.8 Å². The minimum absolute atomic E-state index is 0.0521. The van der Waals surface area contributed by atoms with Crippen LogP contribution in [0, 0.1) is 12.7 Å². The Morgan fingerprint density at radius 3 is 2.47 bits per heavy atom. The molecule has 0 saturated carbocycles. The van der Waals surface area contributed by atoms with Crippen molar-refractivity contribution in [2.45, 2.75) is 13.8 Å². The first-order valence-electron chi connectivity index (χ1n) is 10.8. The molecule has 11 heteroatoms. The molecule has 0 aliphatic carbocycles. The maximum atomic E-state index is 13.4. The van der Waals surface area contributed by atoms with Crippen molar-refractivity contribution in [2.75, 3.05) is 51.7 Å². The van der Waals surface area contributed by atoms with Gasteiger partial charge in [0.05, 0.1) is 23.6 Å². The maximum absolute atomic E-state index is 13.4. The third-order valence-electron chi connectivity index (χ3n) is 5.41. The van der Waals surface area contributed by atoms with Gasteiger partial charge in [-0.3, -0.25) is 19.3 Å². The van der Waals surface area contributed by atoms with Gasteiger partial charge in [0.25, 0.3) is 11.8 Å². The number of hydrogen-bond donors (Lipinski definition) is 2. The summed E-state index contributed by atoms with van der Waals surface area (Å²) in [4.78, 5) is 53.8. The second-order valence-corrected chi connectivity index (χ2v) is 8.71. The van der Waals surface area contributed by atoms with E-state index >= 15 is 0 Å². The predicted molar refractivity (Wildman–Crippen MR) is 126 cm³/mol. The Morgan fingerprint density at radius 2 is 1.85 bits per heavy atom. The molecular formula is C23H27FN4O5S. The van der Waals surface area contributed by atoms with Gasteiger partial charge >= 0.3 is 5.97 Å². The molecule has 1 aromatic heterocycles. The van der Waals surface area contributed by atoms with Crippen LogP contribution in [-0.4, -0.2) is 79.9 Å². The Hall–Kier alpha value is -3.31. The number of esters is 1. The van der Waals surface area contributed by atoms with Crippen LogP contribution in [0.5, 0.6) is 0 Å². The first kappa shape index (κ1) is 25.3. The molecule has 0 bridgehead atoms. The Balaban J connectivity index is 1.62. The molecule has 0 unspecified atom stereocenters. The number of carbonyl (C=O) groups excluding carboxylic acids is 4. The molecule has 0 radical (unpaired) electrons. The second-order valence-electron chi connectivity index (χ2n) is 7.69. The fourth-order valence-electron chi connectivity index (χ4n) is 3.66. The van der Waals surface area contributed by atoms with Crippen molar-refractivity contribution < 1.29 is 28.3 Å². The summed E-state index contributed by atoms with van der Waals surface area (Å²) in [5, 5.41) is 5.53. The van der Waals surface area contributed by atoms with Gasteiger partial charge in [-0.1, -0.05) is 6.07 Å². The van der Waals surface area contributed by atoms with Crippen LogP contribution in [0.2, 0.25) is 0 Å². The number of nitrogens with one attached hydrogen (secondary N) is 2. The van der Waals surface area contributed by atoms with E-state index in [1.54, 1.807) is 24.8 Å². The molecule has 182 valence electrons. The quantitative estimate of drug-likeness (QED) is 0.576. The molecule has 9 nitrogen and oxygen atoms in total. The average Bonchev–Trinajstić information content (AvgIpc) is 3.14. The molecule has 2 heterocycles. The lowest BCUT2D eigenvalue weighted by Crippen LogP contribution is -2.50. The van der Waals surface area contributed by atoms with Crippen LogP contribution < -0.4 is 10.6 Å². The number of halogens is 1.